The number of nitrogens with zero attached hydrogens (tertiary/aromatic N) is 3. The number of aliphatic imine (C=N–C) groups is 1. The van der Waals surface area contributed by atoms with Gasteiger partial charge < -0.3 is 28.7 Å². The van der Waals surface area contributed by atoms with Crippen molar-refractivity contribution in [1.29, 1.82) is 0 Å². The number of hydrogen-bond donors (Lipinski definition) is 1. The largest absolute Gasteiger partial charge is 0.497 e. The topological polar surface area (TPSA) is 102 Å². The Hall–Kier alpha value is -3.95. The van der Waals surface area contributed by atoms with Gasteiger partial charge in [-0.05, 0) is 31.2 Å². The number of hydrogen-bond acceptors (Lipinski definition) is 9. The van der Waals surface area contributed by atoms with Crippen LogP contribution >= 0.6 is 0 Å². The molecule has 10 nitrogen and oxygen atoms in total. The molecule has 0 bridgehead atoms. The van der Waals surface area contributed by atoms with Crippen LogP contribution in [0.1, 0.15) is 18.5 Å². The van der Waals surface area contributed by atoms with Crippen LogP contribution in [0.2, 0.25) is 0 Å². The van der Waals surface area contributed by atoms with E-state index in [-0.39, 0.29) is 6.61 Å². The average Bonchev–Trinajstić information content (AvgIpc) is 2.92. The van der Waals surface area contributed by atoms with Gasteiger partial charge in [-0.15, -0.1) is 0 Å². The number of methoxy groups -OCH3 is 3. The van der Waals surface area contributed by atoms with Gasteiger partial charge in [-0.25, -0.2) is 4.99 Å². The third kappa shape index (κ3) is 5.17. The molecule has 0 aliphatic carbocycles. The van der Waals surface area contributed by atoms with E-state index < -0.39 is 23.8 Å². The Kier molecular flexibility index (Phi) is 7.82. The smallest absolute Gasteiger partial charge is 0.321 e. The minimum Gasteiger partial charge on any atom is -0.497 e. The van der Waals surface area contributed by atoms with Crippen LogP contribution in [0.4, 0.5) is 5.69 Å². The van der Waals surface area contributed by atoms with Crippen LogP contribution in [-0.4, -0.2) is 76.9 Å². The van der Waals surface area contributed by atoms with Gasteiger partial charge in [-0.1, -0.05) is 6.07 Å². The van der Waals surface area contributed by atoms with Crippen molar-refractivity contribution in [1.82, 2.24) is 10.2 Å². The predicted molar refractivity (Wildman–Crippen MR) is 135 cm³/mol. The first-order valence-corrected chi connectivity index (χ1v) is 11.9. The fourth-order valence-corrected chi connectivity index (χ4v) is 4.49. The van der Waals surface area contributed by atoms with Crippen LogP contribution < -0.4 is 24.4 Å². The number of benzene rings is 2. The molecule has 1 N–H and O–H groups in total. The summed E-state index contributed by atoms with van der Waals surface area (Å²) in [5.41, 5.74) is 1.69. The maximum Gasteiger partial charge on any atom is 0.321 e. The van der Waals surface area contributed by atoms with Gasteiger partial charge in [0.15, 0.2) is 5.92 Å². The Morgan fingerprint density at radius 2 is 1.67 bits per heavy atom. The molecule has 0 unspecified atom stereocenters. The van der Waals surface area contributed by atoms with E-state index in [2.05, 4.69) is 10.2 Å². The standard InChI is InChI=1S/C26H32N4O6/c1-5-36-25(32)22-23(20-10-9-19(34-3)16-21(20)35-4)27-26(28-24(22)31)30-13-11-29(12-14-30)17-7-6-8-18(15-17)33-2/h6-10,15-16,22-23H,5,11-14H2,1-4H3,(H,27,28,31)/t22-,23-/m1/s1. The maximum absolute atomic E-state index is 13.2. The molecule has 2 atom stereocenters. The number of amides is 1. The van der Waals surface area contributed by atoms with E-state index in [4.69, 9.17) is 23.9 Å². The molecule has 0 saturated carbocycles. The highest BCUT2D eigenvalue weighted by Gasteiger charge is 2.43. The van der Waals surface area contributed by atoms with Crippen molar-refractivity contribution in [3.05, 3.63) is 48.0 Å². The molecule has 2 aromatic rings. The summed E-state index contributed by atoms with van der Waals surface area (Å²) in [5, 5.41) is 2.84. The lowest BCUT2D eigenvalue weighted by molar-refractivity contribution is -0.153. The quantitative estimate of drug-likeness (QED) is 0.460. The van der Waals surface area contributed by atoms with Crippen LogP contribution in [0.3, 0.4) is 0 Å². The number of esters is 1. The Labute approximate surface area is 210 Å². The van der Waals surface area contributed by atoms with E-state index in [1.54, 1.807) is 39.3 Å². The van der Waals surface area contributed by atoms with E-state index in [1.807, 2.05) is 29.2 Å². The lowest BCUT2D eigenvalue weighted by Crippen LogP contribution is -2.57. The Morgan fingerprint density at radius 1 is 0.972 bits per heavy atom. The lowest BCUT2D eigenvalue weighted by atomic mass is 9.90. The van der Waals surface area contributed by atoms with Crippen molar-refractivity contribution in [3.8, 4) is 17.2 Å². The molecule has 2 aromatic carbocycles. The number of anilines is 1. The number of carbonyl (C=O) groups is 2. The number of carbonyl (C=O) groups excluding carboxylic acids is 2. The molecule has 2 heterocycles. The number of nitrogens with one attached hydrogen (secondary N) is 1. The zero-order valence-electron chi connectivity index (χ0n) is 21.0. The van der Waals surface area contributed by atoms with E-state index in [1.165, 1.54) is 7.11 Å². The van der Waals surface area contributed by atoms with Gasteiger partial charge >= 0.3 is 5.97 Å². The van der Waals surface area contributed by atoms with Crippen LogP contribution in [0, 0.1) is 5.92 Å². The molecular weight excluding hydrogens is 464 g/mol. The maximum atomic E-state index is 13.2. The molecule has 0 radical (unpaired) electrons. The first-order valence-electron chi connectivity index (χ1n) is 11.9. The zero-order chi connectivity index (χ0) is 25.7. The Morgan fingerprint density at radius 3 is 2.33 bits per heavy atom. The molecule has 192 valence electrons. The Balaban J connectivity index is 1.61. The minimum absolute atomic E-state index is 0.165. The highest BCUT2D eigenvalue weighted by Crippen LogP contribution is 2.38. The van der Waals surface area contributed by atoms with Crippen molar-refractivity contribution in [2.24, 2.45) is 10.9 Å². The predicted octanol–water partition coefficient (Wildman–Crippen LogP) is 2.24. The highest BCUT2D eigenvalue weighted by molar-refractivity contribution is 6.08. The van der Waals surface area contributed by atoms with Crippen molar-refractivity contribution in [2.45, 2.75) is 13.0 Å². The minimum atomic E-state index is -1.13. The second-order valence-electron chi connectivity index (χ2n) is 8.40. The molecule has 2 aliphatic heterocycles. The molecule has 36 heavy (non-hydrogen) atoms. The third-order valence-corrected chi connectivity index (χ3v) is 6.39. The Bertz CT molecular complexity index is 1130. The second kappa shape index (κ2) is 11.2. The zero-order valence-corrected chi connectivity index (χ0v) is 21.0. The molecule has 0 aromatic heterocycles. The van der Waals surface area contributed by atoms with Crippen molar-refractivity contribution in [2.75, 3.05) is 59.0 Å². The average molecular weight is 497 g/mol. The van der Waals surface area contributed by atoms with Gasteiger partial charge in [-0.2, -0.15) is 0 Å². The second-order valence-corrected chi connectivity index (χ2v) is 8.40. The van der Waals surface area contributed by atoms with Crippen LogP contribution in [0.5, 0.6) is 17.2 Å². The summed E-state index contributed by atoms with van der Waals surface area (Å²) in [6.45, 7) is 4.63. The van der Waals surface area contributed by atoms with Crippen LogP contribution in [-0.2, 0) is 14.3 Å². The highest BCUT2D eigenvalue weighted by atomic mass is 16.5. The number of piperazine rings is 1. The molecular formula is C26H32N4O6. The molecule has 1 fully saturated rings. The SMILES string of the molecule is CCOC(=O)[C@H]1C(=O)NC(N2CCN(c3cccc(OC)c3)CC2)=N[C@@H]1c1ccc(OC)cc1OC. The molecule has 1 amide bonds. The van der Waals surface area contributed by atoms with Crippen LogP contribution in [0.25, 0.3) is 0 Å². The summed E-state index contributed by atoms with van der Waals surface area (Å²) < 4.78 is 21.4. The van der Waals surface area contributed by atoms with E-state index >= 15 is 0 Å². The van der Waals surface area contributed by atoms with Gasteiger partial charge in [0.2, 0.25) is 11.9 Å². The summed E-state index contributed by atoms with van der Waals surface area (Å²) in [6.07, 6.45) is 0. The van der Waals surface area contributed by atoms with Gasteiger partial charge in [-0.3, -0.25) is 14.9 Å². The van der Waals surface area contributed by atoms with Crippen molar-refractivity contribution < 1.29 is 28.5 Å². The number of guanidine groups is 1. The fourth-order valence-electron chi connectivity index (χ4n) is 4.49. The summed E-state index contributed by atoms with van der Waals surface area (Å²) in [6, 6.07) is 12.4. The lowest BCUT2D eigenvalue weighted by Gasteiger charge is -2.39. The number of rotatable bonds is 7. The first-order chi connectivity index (χ1) is 17.5. The van der Waals surface area contributed by atoms with E-state index in [9.17, 15) is 9.59 Å². The van der Waals surface area contributed by atoms with Gasteiger partial charge in [0.25, 0.3) is 0 Å². The van der Waals surface area contributed by atoms with Gasteiger partial charge in [0, 0.05) is 49.6 Å². The summed E-state index contributed by atoms with van der Waals surface area (Å²) in [4.78, 5) is 35.2. The molecule has 1 saturated heterocycles. The van der Waals surface area contributed by atoms with Crippen LogP contribution in [0.15, 0.2) is 47.5 Å². The van der Waals surface area contributed by atoms with Gasteiger partial charge in [0.05, 0.1) is 27.9 Å². The van der Waals surface area contributed by atoms with Crippen molar-refractivity contribution >= 4 is 23.5 Å². The fraction of sp³-hybridized carbons (Fsp3) is 0.423. The first kappa shape index (κ1) is 25.2. The molecule has 10 heteroatoms. The number of ether oxygens (including phenoxy) is 4. The van der Waals surface area contributed by atoms with E-state index in [0.29, 0.717) is 36.1 Å². The molecule has 0 spiro atoms. The summed E-state index contributed by atoms with van der Waals surface area (Å²) in [7, 11) is 4.74. The molecule has 2 aliphatic rings. The normalized spacial score (nSPS) is 19.8. The van der Waals surface area contributed by atoms with Gasteiger partial charge in [0.1, 0.15) is 23.3 Å². The third-order valence-electron chi connectivity index (χ3n) is 6.39. The summed E-state index contributed by atoms with van der Waals surface area (Å²) in [5.74, 6) is 0.124. The molecule has 4 rings (SSSR count). The van der Waals surface area contributed by atoms with E-state index in [0.717, 1.165) is 24.5 Å². The van der Waals surface area contributed by atoms with Crippen molar-refractivity contribution in [3.63, 3.8) is 0 Å². The summed E-state index contributed by atoms with van der Waals surface area (Å²) >= 11 is 0. The monoisotopic (exact) mass is 496 g/mol.